The van der Waals surface area contributed by atoms with E-state index >= 15 is 0 Å². The Labute approximate surface area is 112 Å². The number of anilines is 2. The highest BCUT2D eigenvalue weighted by Gasteiger charge is 2.10. The zero-order valence-corrected chi connectivity index (χ0v) is 12.0. The molecule has 0 aliphatic carbocycles. The molecule has 5 heteroatoms. The summed E-state index contributed by atoms with van der Waals surface area (Å²) in [4.78, 5) is 4.44. The summed E-state index contributed by atoms with van der Waals surface area (Å²) in [5.74, 6) is 0.961. The molecule has 0 fully saturated rings. The van der Waals surface area contributed by atoms with Crippen molar-refractivity contribution in [1.29, 1.82) is 0 Å². The molecule has 2 aromatic rings. The number of imidazole rings is 1. The van der Waals surface area contributed by atoms with E-state index in [0.29, 0.717) is 0 Å². The van der Waals surface area contributed by atoms with Crippen LogP contribution in [0.1, 0.15) is 5.69 Å². The maximum atomic E-state index is 6.01. The Morgan fingerprint density at radius 3 is 2.67 bits per heavy atom. The van der Waals surface area contributed by atoms with Gasteiger partial charge in [-0.1, -0.05) is 11.9 Å². The van der Waals surface area contributed by atoms with E-state index in [4.69, 9.17) is 5.73 Å². The van der Waals surface area contributed by atoms with E-state index in [1.165, 1.54) is 0 Å². The maximum Gasteiger partial charge on any atom is 0.139 e. The van der Waals surface area contributed by atoms with Crippen molar-refractivity contribution in [1.82, 2.24) is 9.55 Å². The third-order valence-corrected chi connectivity index (χ3v) is 3.87. The molecule has 0 spiro atoms. The third kappa shape index (κ3) is 2.18. The van der Waals surface area contributed by atoms with Gasteiger partial charge in [-0.15, -0.1) is 0 Å². The molecular weight excluding hydrogens is 244 g/mol. The lowest BCUT2D eigenvalue weighted by molar-refractivity contribution is 0.884. The van der Waals surface area contributed by atoms with Crippen LogP contribution in [0.25, 0.3) is 11.4 Å². The van der Waals surface area contributed by atoms with E-state index in [1.807, 2.05) is 45.6 Å². The number of benzene rings is 1. The van der Waals surface area contributed by atoms with Crippen LogP contribution >= 0.6 is 11.9 Å². The van der Waals surface area contributed by atoms with Crippen LogP contribution in [-0.2, 0) is 7.05 Å². The van der Waals surface area contributed by atoms with Crippen LogP contribution < -0.4 is 10.0 Å². The van der Waals surface area contributed by atoms with E-state index in [0.717, 1.165) is 28.5 Å². The van der Waals surface area contributed by atoms with E-state index in [2.05, 4.69) is 19.9 Å². The topological polar surface area (TPSA) is 47.1 Å². The first-order chi connectivity index (χ1) is 8.54. The first-order valence-electron chi connectivity index (χ1n) is 5.70. The van der Waals surface area contributed by atoms with Crippen molar-refractivity contribution >= 4 is 23.3 Å². The summed E-state index contributed by atoms with van der Waals surface area (Å²) in [5.41, 5.74) is 10.0. The highest BCUT2D eigenvalue weighted by molar-refractivity contribution is 7.99. The molecule has 0 atom stereocenters. The second-order valence-corrected chi connectivity index (χ2v) is 5.15. The zero-order chi connectivity index (χ0) is 13.3. The summed E-state index contributed by atoms with van der Waals surface area (Å²) in [7, 11) is 4.02. The normalized spacial score (nSPS) is 10.7. The monoisotopic (exact) mass is 262 g/mol. The van der Waals surface area contributed by atoms with Crippen molar-refractivity contribution in [2.24, 2.45) is 7.05 Å². The number of aryl methyl sites for hydroxylation is 1. The molecule has 96 valence electrons. The van der Waals surface area contributed by atoms with Crippen LogP contribution in [-0.4, -0.2) is 22.9 Å². The van der Waals surface area contributed by atoms with Crippen LogP contribution in [0.15, 0.2) is 24.4 Å². The highest BCUT2D eigenvalue weighted by atomic mass is 32.2. The lowest BCUT2D eigenvalue weighted by Gasteiger charge is -2.18. The molecule has 4 nitrogen and oxygen atoms in total. The van der Waals surface area contributed by atoms with Gasteiger partial charge in [0.1, 0.15) is 5.82 Å². The van der Waals surface area contributed by atoms with Gasteiger partial charge < -0.3 is 14.6 Å². The number of nitrogens with zero attached hydrogens (tertiary/aromatic N) is 3. The second-order valence-electron chi connectivity index (χ2n) is 4.24. The lowest BCUT2D eigenvalue weighted by atomic mass is 10.1. The van der Waals surface area contributed by atoms with Gasteiger partial charge in [0, 0.05) is 37.8 Å². The molecule has 0 radical (unpaired) electrons. The molecule has 0 amide bonds. The SMILES string of the molecule is CSN(C)c1cc(-c2ncc(C)n2C)ccc1N. The zero-order valence-electron chi connectivity index (χ0n) is 11.1. The number of rotatable bonds is 3. The number of nitrogen functional groups attached to an aromatic ring is 1. The summed E-state index contributed by atoms with van der Waals surface area (Å²) in [6.07, 6.45) is 3.90. The van der Waals surface area contributed by atoms with Gasteiger partial charge in [0.15, 0.2) is 0 Å². The molecule has 2 N–H and O–H groups in total. The number of aromatic nitrogens is 2. The summed E-state index contributed by atoms with van der Waals surface area (Å²) >= 11 is 1.63. The Balaban J connectivity index is 2.50. The Hall–Kier alpha value is -1.62. The molecule has 0 bridgehead atoms. The molecule has 0 unspecified atom stereocenters. The van der Waals surface area contributed by atoms with Crippen molar-refractivity contribution in [2.45, 2.75) is 6.92 Å². The van der Waals surface area contributed by atoms with E-state index in [-0.39, 0.29) is 0 Å². The van der Waals surface area contributed by atoms with Crippen LogP contribution in [0, 0.1) is 6.92 Å². The van der Waals surface area contributed by atoms with Gasteiger partial charge in [-0.05, 0) is 25.1 Å². The molecule has 1 aromatic carbocycles. The van der Waals surface area contributed by atoms with Crippen molar-refractivity contribution in [3.8, 4) is 11.4 Å². The molecule has 18 heavy (non-hydrogen) atoms. The number of hydrogen-bond donors (Lipinski definition) is 1. The second kappa shape index (κ2) is 4.94. The van der Waals surface area contributed by atoms with Crippen LogP contribution in [0.4, 0.5) is 11.4 Å². The first kappa shape index (κ1) is 12.8. The van der Waals surface area contributed by atoms with Gasteiger partial charge >= 0.3 is 0 Å². The van der Waals surface area contributed by atoms with Gasteiger partial charge in [-0.3, -0.25) is 0 Å². The van der Waals surface area contributed by atoms with Gasteiger partial charge in [0.2, 0.25) is 0 Å². The molecule has 1 aromatic heterocycles. The molecule has 0 aliphatic rings. The average molecular weight is 262 g/mol. The van der Waals surface area contributed by atoms with Crippen LogP contribution in [0.3, 0.4) is 0 Å². The van der Waals surface area contributed by atoms with Crippen molar-refractivity contribution in [3.63, 3.8) is 0 Å². The fourth-order valence-corrected chi connectivity index (χ4v) is 2.17. The summed E-state index contributed by atoms with van der Waals surface area (Å²) in [6, 6.07) is 6.02. The minimum Gasteiger partial charge on any atom is -0.397 e. The summed E-state index contributed by atoms with van der Waals surface area (Å²) < 4.78 is 4.13. The van der Waals surface area contributed by atoms with E-state index < -0.39 is 0 Å². The standard InChI is InChI=1S/C13H18N4S/c1-9-8-15-13(16(9)2)10-5-6-11(14)12(7-10)17(3)18-4/h5-8H,14H2,1-4H3. The lowest BCUT2D eigenvalue weighted by Crippen LogP contribution is -2.08. The predicted molar refractivity (Wildman–Crippen MR) is 79.7 cm³/mol. The van der Waals surface area contributed by atoms with Gasteiger partial charge in [-0.2, -0.15) is 0 Å². The molecule has 0 saturated carbocycles. The number of nitrogens with two attached hydrogens (primary N) is 1. The smallest absolute Gasteiger partial charge is 0.139 e. The highest BCUT2D eigenvalue weighted by Crippen LogP contribution is 2.31. The fourth-order valence-electron chi connectivity index (χ4n) is 1.82. The molecule has 2 rings (SSSR count). The van der Waals surface area contributed by atoms with Crippen LogP contribution in [0.5, 0.6) is 0 Å². The Kier molecular flexibility index (Phi) is 3.52. The van der Waals surface area contributed by atoms with Crippen LogP contribution in [0.2, 0.25) is 0 Å². The minimum atomic E-state index is 0.779. The molecule has 0 aliphatic heterocycles. The quantitative estimate of drug-likeness (QED) is 0.682. The average Bonchev–Trinajstić information content (AvgIpc) is 2.70. The van der Waals surface area contributed by atoms with Crippen molar-refractivity contribution < 1.29 is 0 Å². The Morgan fingerprint density at radius 1 is 1.39 bits per heavy atom. The van der Waals surface area contributed by atoms with Gasteiger partial charge in [-0.25, -0.2) is 4.98 Å². The first-order valence-corrected chi connectivity index (χ1v) is 6.88. The minimum absolute atomic E-state index is 0.779. The fraction of sp³-hybridized carbons (Fsp3) is 0.308. The Bertz CT molecular complexity index is 562. The Morgan fingerprint density at radius 2 is 2.11 bits per heavy atom. The number of hydrogen-bond acceptors (Lipinski definition) is 4. The third-order valence-electron chi connectivity index (χ3n) is 3.12. The summed E-state index contributed by atoms with van der Waals surface area (Å²) in [6.45, 7) is 2.04. The molecule has 1 heterocycles. The van der Waals surface area contributed by atoms with Crippen molar-refractivity contribution in [3.05, 3.63) is 30.1 Å². The van der Waals surface area contributed by atoms with Gasteiger partial charge in [0.05, 0.1) is 11.4 Å². The van der Waals surface area contributed by atoms with Gasteiger partial charge in [0.25, 0.3) is 0 Å². The maximum absolute atomic E-state index is 6.01. The largest absolute Gasteiger partial charge is 0.397 e. The van der Waals surface area contributed by atoms with E-state index in [1.54, 1.807) is 11.9 Å². The molecular formula is C13H18N4S. The predicted octanol–water partition coefficient (Wildman–Crippen LogP) is 2.69. The molecule has 0 saturated heterocycles. The summed E-state index contributed by atoms with van der Waals surface area (Å²) in [5, 5.41) is 0. The van der Waals surface area contributed by atoms with Crippen molar-refractivity contribution in [2.75, 3.05) is 23.3 Å². The van der Waals surface area contributed by atoms with E-state index in [9.17, 15) is 0 Å².